The van der Waals surface area contributed by atoms with Crippen LogP contribution in [0.15, 0.2) is 23.5 Å². The highest BCUT2D eigenvalue weighted by molar-refractivity contribution is 5.96. The van der Waals surface area contributed by atoms with Gasteiger partial charge in [-0.3, -0.25) is 4.98 Å². The molecule has 1 fully saturated rings. The van der Waals surface area contributed by atoms with Crippen LogP contribution in [0.5, 0.6) is 0 Å². The van der Waals surface area contributed by atoms with Gasteiger partial charge in [-0.1, -0.05) is 25.1 Å². The number of hydrogen-bond acceptors (Lipinski definition) is 4. The number of aromatic nitrogens is 1. The third kappa shape index (κ3) is 3.48. The average molecular weight is 276 g/mol. The van der Waals surface area contributed by atoms with Gasteiger partial charge in [0.15, 0.2) is 5.84 Å². The molecule has 3 unspecified atom stereocenters. The van der Waals surface area contributed by atoms with Gasteiger partial charge in [0.2, 0.25) is 0 Å². The number of oxime groups is 1. The average Bonchev–Trinajstić information content (AvgIpc) is 2.48. The number of nitrogens with two attached hydrogens (primary N) is 1. The van der Waals surface area contributed by atoms with Crippen LogP contribution in [-0.2, 0) is 6.54 Å². The van der Waals surface area contributed by atoms with E-state index in [2.05, 4.69) is 29.3 Å². The third-order valence-electron chi connectivity index (χ3n) is 4.42. The molecule has 110 valence electrons. The molecule has 0 aliphatic heterocycles. The molecule has 1 aromatic heterocycles. The molecule has 3 atom stereocenters. The van der Waals surface area contributed by atoms with Gasteiger partial charge in [-0.2, -0.15) is 0 Å². The van der Waals surface area contributed by atoms with Crippen molar-refractivity contribution in [2.75, 3.05) is 0 Å². The Balaban J connectivity index is 1.98. The van der Waals surface area contributed by atoms with Crippen LogP contribution in [0.2, 0.25) is 0 Å². The molecule has 1 aliphatic carbocycles. The van der Waals surface area contributed by atoms with E-state index in [0.717, 1.165) is 17.4 Å². The number of nitrogens with one attached hydrogen (secondary N) is 1. The molecule has 1 aromatic rings. The lowest BCUT2D eigenvalue weighted by Crippen LogP contribution is -2.36. The topological polar surface area (TPSA) is 83.5 Å². The van der Waals surface area contributed by atoms with Crippen molar-refractivity contribution in [2.45, 2.75) is 45.7 Å². The van der Waals surface area contributed by atoms with Crippen molar-refractivity contribution < 1.29 is 5.21 Å². The van der Waals surface area contributed by atoms with Crippen LogP contribution in [0.3, 0.4) is 0 Å². The van der Waals surface area contributed by atoms with Crippen molar-refractivity contribution in [3.8, 4) is 0 Å². The summed E-state index contributed by atoms with van der Waals surface area (Å²) in [6.45, 7) is 5.36. The summed E-state index contributed by atoms with van der Waals surface area (Å²) in [5, 5.41) is 15.4. The van der Waals surface area contributed by atoms with Crippen LogP contribution in [0.4, 0.5) is 0 Å². The molecule has 1 aliphatic rings. The molecule has 5 nitrogen and oxygen atoms in total. The summed E-state index contributed by atoms with van der Waals surface area (Å²) in [4.78, 5) is 4.18. The van der Waals surface area contributed by atoms with E-state index in [1.165, 1.54) is 19.3 Å². The Hall–Kier alpha value is -1.62. The zero-order chi connectivity index (χ0) is 14.5. The second-order valence-electron chi connectivity index (χ2n) is 5.84. The fraction of sp³-hybridized carbons (Fsp3) is 0.600. The minimum Gasteiger partial charge on any atom is -0.409 e. The van der Waals surface area contributed by atoms with Gasteiger partial charge in [0, 0.05) is 18.8 Å². The van der Waals surface area contributed by atoms with E-state index in [4.69, 9.17) is 10.9 Å². The van der Waals surface area contributed by atoms with E-state index in [0.29, 0.717) is 18.3 Å². The quantitative estimate of drug-likeness (QED) is 0.340. The van der Waals surface area contributed by atoms with Gasteiger partial charge in [0.1, 0.15) is 5.69 Å². The number of nitrogens with zero attached hydrogens (tertiary/aromatic N) is 2. The molecule has 0 radical (unpaired) electrons. The summed E-state index contributed by atoms with van der Waals surface area (Å²) in [7, 11) is 0. The highest BCUT2D eigenvalue weighted by Crippen LogP contribution is 2.29. The van der Waals surface area contributed by atoms with Gasteiger partial charge >= 0.3 is 0 Å². The lowest BCUT2D eigenvalue weighted by atomic mass is 9.79. The van der Waals surface area contributed by atoms with Crippen LogP contribution < -0.4 is 11.1 Å². The van der Waals surface area contributed by atoms with Crippen LogP contribution in [0.1, 0.15) is 44.4 Å². The SMILES string of the molecule is CC1CCC(NCc2cccnc2C(N)=NO)CC1C. The fourth-order valence-electron chi connectivity index (χ4n) is 2.85. The maximum Gasteiger partial charge on any atom is 0.189 e. The summed E-state index contributed by atoms with van der Waals surface area (Å²) in [6, 6.07) is 4.38. The lowest BCUT2D eigenvalue weighted by Gasteiger charge is -2.32. The van der Waals surface area contributed by atoms with Gasteiger partial charge in [0.25, 0.3) is 0 Å². The molecule has 0 aromatic carbocycles. The molecule has 1 heterocycles. The number of amidine groups is 1. The van der Waals surface area contributed by atoms with Crippen LogP contribution in [0.25, 0.3) is 0 Å². The first-order valence-electron chi connectivity index (χ1n) is 7.27. The molecule has 0 spiro atoms. The molecule has 20 heavy (non-hydrogen) atoms. The second kappa shape index (κ2) is 6.70. The van der Waals surface area contributed by atoms with Gasteiger partial charge in [0.05, 0.1) is 0 Å². The van der Waals surface area contributed by atoms with Crippen molar-refractivity contribution in [2.24, 2.45) is 22.7 Å². The maximum absolute atomic E-state index is 8.80. The minimum atomic E-state index is 0.0630. The molecule has 0 saturated heterocycles. The first kappa shape index (κ1) is 14.8. The third-order valence-corrected chi connectivity index (χ3v) is 4.42. The number of hydrogen-bond donors (Lipinski definition) is 3. The highest BCUT2D eigenvalue weighted by Gasteiger charge is 2.24. The van der Waals surface area contributed by atoms with E-state index in [1.54, 1.807) is 6.20 Å². The molecule has 5 heteroatoms. The maximum atomic E-state index is 8.80. The molecule has 0 amide bonds. The van der Waals surface area contributed by atoms with Crippen molar-refractivity contribution in [1.82, 2.24) is 10.3 Å². The Morgan fingerprint density at radius 1 is 1.45 bits per heavy atom. The standard InChI is InChI=1S/C15H24N4O/c1-10-5-6-13(8-11(10)2)18-9-12-4-3-7-17-14(12)15(16)19-20/h3-4,7,10-11,13,18,20H,5-6,8-9H2,1-2H3,(H2,16,19). The predicted molar refractivity (Wildman–Crippen MR) is 79.6 cm³/mol. The van der Waals surface area contributed by atoms with Gasteiger partial charge in [-0.25, -0.2) is 0 Å². The Labute approximate surface area is 120 Å². The monoisotopic (exact) mass is 276 g/mol. The first-order valence-corrected chi connectivity index (χ1v) is 7.27. The van der Waals surface area contributed by atoms with Gasteiger partial charge in [-0.15, -0.1) is 0 Å². The number of pyridine rings is 1. The van der Waals surface area contributed by atoms with Crippen LogP contribution in [-0.4, -0.2) is 22.1 Å². The fourth-order valence-corrected chi connectivity index (χ4v) is 2.85. The van der Waals surface area contributed by atoms with Crippen LogP contribution >= 0.6 is 0 Å². The summed E-state index contributed by atoms with van der Waals surface area (Å²) >= 11 is 0. The molecule has 2 rings (SSSR count). The molecule has 0 bridgehead atoms. The van der Waals surface area contributed by atoms with Crippen molar-refractivity contribution >= 4 is 5.84 Å². The zero-order valence-corrected chi connectivity index (χ0v) is 12.2. The van der Waals surface area contributed by atoms with E-state index < -0.39 is 0 Å². The summed E-state index contributed by atoms with van der Waals surface area (Å²) in [5.74, 6) is 1.64. The van der Waals surface area contributed by atoms with Gasteiger partial charge < -0.3 is 16.3 Å². The Morgan fingerprint density at radius 3 is 2.95 bits per heavy atom. The van der Waals surface area contributed by atoms with Crippen molar-refractivity contribution in [1.29, 1.82) is 0 Å². The second-order valence-corrected chi connectivity index (χ2v) is 5.84. The minimum absolute atomic E-state index is 0.0630. The zero-order valence-electron chi connectivity index (χ0n) is 12.2. The molecular formula is C15H24N4O. The highest BCUT2D eigenvalue weighted by atomic mass is 16.4. The van der Waals surface area contributed by atoms with Crippen LogP contribution in [0, 0.1) is 11.8 Å². The molecule has 4 N–H and O–H groups in total. The number of rotatable bonds is 4. The summed E-state index contributed by atoms with van der Waals surface area (Å²) < 4.78 is 0. The van der Waals surface area contributed by atoms with Crippen molar-refractivity contribution in [3.63, 3.8) is 0 Å². The summed E-state index contributed by atoms with van der Waals surface area (Å²) in [6.07, 6.45) is 5.35. The largest absolute Gasteiger partial charge is 0.409 e. The predicted octanol–water partition coefficient (Wildman–Crippen LogP) is 2.09. The normalized spacial score (nSPS) is 27.5. The molecule has 1 saturated carbocycles. The van der Waals surface area contributed by atoms with E-state index in [-0.39, 0.29) is 5.84 Å². The Bertz CT molecular complexity index is 475. The Kier molecular flexibility index (Phi) is 4.95. The first-order chi connectivity index (χ1) is 9.61. The summed E-state index contributed by atoms with van der Waals surface area (Å²) in [5.41, 5.74) is 7.18. The Morgan fingerprint density at radius 2 is 2.25 bits per heavy atom. The van der Waals surface area contributed by atoms with E-state index in [1.807, 2.05) is 12.1 Å². The molecular weight excluding hydrogens is 252 g/mol. The van der Waals surface area contributed by atoms with E-state index in [9.17, 15) is 0 Å². The van der Waals surface area contributed by atoms with E-state index >= 15 is 0 Å². The smallest absolute Gasteiger partial charge is 0.189 e. The van der Waals surface area contributed by atoms with Crippen molar-refractivity contribution in [3.05, 3.63) is 29.6 Å². The lowest BCUT2D eigenvalue weighted by molar-refractivity contribution is 0.225. The van der Waals surface area contributed by atoms with Gasteiger partial charge in [-0.05, 0) is 42.7 Å².